The van der Waals surface area contributed by atoms with Crippen LogP contribution in [0.25, 0.3) is 0 Å². The number of carbonyl (C=O) groups is 1. The van der Waals surface area contributed by atoms with Gasteiger partial charge in [-0.2, -0.15) is 0 Å². The van der Waals surface area contributed by atoms with Gasteiger partial charge < -0.3 is 10.6 Å². The number of aryl methyl sites for hydroxylation is 1. The molecule has 0 aromatic heterocycles. The number of nitrogens with one attached hydrogen (secondary N) is 2. The average Bonchev–Trinajstić information content (AvgIpc) is 2.30. The third-order valence-electron chi connectivity index (χ3n) is 2.92. The molecule has 0 saturated carbocycles. The molecule has 1 aromatic carbocycles. The Morgan fingerprint density at radius 1 is 1.39 bits per heavy atom. The Kier molecular flexibility index (Phi) is 5.20. The summed E-state index contributed by atoms with van der Waals surface area (Å²) in [5.74, 6) is 0.00950. The molecule has 0 unspecified atom stereocenters. The number of rotatable bonds is 5. The highest BCUT2D eigenvalue weighted by atomic mass is 79.9. The molecule has 1 amide bonds. The molecular weight excluding hydrogens is 292 g/mol. The third-order valence-corrected chi connectivity index (χ3v) is 3.61. The van der Waals surface area contributed by atoms with Gasteiger partial charge in [-0.25, -0.2) is 0 Å². The van der Waals surface area contributed by atoms with Gasteiger partial charge in [0.05, 0.1) is 6.54 Å². The minimum absolute atomic E-state index is 0.00950. The number of amides is 1. The zero-order chi connectivity index (χ0) is 13.8. The van der Waals surface area contributed by atoms with Gasteiger partial charge in [0.15, 0.2) is 0 Å². The maximum absolute atomic E-state index is 11.8. The largest absolute Gasteiger partial charge is 0.375 e. The van der Waals surface area contributed by atoms with Gasteiger partial charge in [-0.3, -0.25) is 4.79 Å². The maximum Gasteiger partial charge on any atom is 0.239 e. The Bertz CT molecular complexity index is 430. The van der Waals surface area contributed by atoms with Crippen molar-refractivity contribution in [2.75, 3.05) is 11.9 Å². The average molecular weight is 313 g/mol. The van der Waals surface area contributed by atoms with E-state index in [1.54, 1.807) is 0 Å². The van der Waals surface area contributed by atoms with E-state index in [0.717, 1.165) is 22.1 Å². The molecule has 0 fully saturated rings. The molecule has 0 spiro atoms. The summed E-state index contributed by atoms with van der Waals surface area (Å²) < 4.78 is 0.968. The number of halogens is 1. The van der Waals surface area contributed by atoms with Crippen LogP contribution in [0.2, 0.25) is 0 Å². The van der Waals surface area contributed by atoms with Crippen molar-refractivity contribution >= 4 is 27.5 Å². The van der Waals surface area contributed by atoms with E-state index in [1.807, 2.05) is 39.0 Å². The van der Waals surface area contributed by atoms with Crippen molar-refractivity contribution in [1.82, 2.24) is 5.32 Å². The van der Waals surface area contributed by atoms with Gasteiger partial charge in [-0.05, 0) is 60.8 Å². The first-order valence-corrected chi connectivity index (χ1v) is 6.94. The molecule has 0 aliphatic carbocycles. The molecule has 0 bridgehead atoms. The van der Waals surface area contributed by atoms with Crippen LogP contribution in [0.3, 0.4) is 0 Å². The van der Waals surface area contributed by atoms with E-state index in [9.17, 15) is 4.79 Å². The van der Waals surface area contributed by atoms with Gasteiger partial charge in [-0.1, -0.05) is 13.0 Å². The van der Waals surface area contributed by atoms with Crippen LogP contribution in [-0.4, -0.2) is 18.0 Å². The summed E-state index contributed by atoms with van der Waals surface area (Å²) in [6.07, 6.45) is 0.910. The van der Waals surface area contributed by atoms with E-state index in [1.165, 1.54) is 0 Å². The summed E-state index contributed by atoms with van der Waals surface area (Å²) in [4.78, 5) is 11.8. The van der Waals surface area contributed by atoms with Crippen molar-refractivity contribution in [2.45, 2.75) is 39.7 Å². The van der Waals surface area contributed by atoms with Crippen LogP contribution in [0.15, 0.2) is 22.7 Å². The van der Waals surface area contributed by atoms with E-state index in [0.29, 0.717) is 0 Å². The first-order chi connectivity index (χ1) is 8.34. The second-order valence-electron chi connectivity index (χ2n) is 5.12. The molecule has 0 saturated heterocycles. The van der Waals surface area contributed by atoms with Crippen molar-refractivity contribution in [3.8, 4) is 0 Å². The molecule has 1 rings (SSSR count). The number of anilines is 1. The molecule has 2 N–H and O–H groups in total. The monoisotopic (exact) mass is 312 g/mol. The molecule has 3 nitrogen and oxygen atoms in total. The summed E-state index contributed by atoms with van der Waals surface area (Å²) in [6, 6.07) is 6.02. The lowest BCUT2D eigenvalue weighted by Crippen LogP contribution is -2.45. The van der Waals surface area contributed by atoms with Crippen LogP contribution in [0.4, 0.5) is 5.69 Å². The second kappa shape index (κ2) is 6.23. The van der Waals surface area contributed by atoms with Crippen LogP contribution in [0, 0.1) is 6.92 Å². The fraction of sp³-hybridized carbons (Fsp3) is 0.500. The van der Waals surface area contributed by atoms with Crippen molar-refractivity contribution in [3.05, 3.63) is 28.2 Å². The Balaban J connectivity index is 2.55. The second-order valence-corrected chi connectivity index (χ2v) is 5.98. The van der Waals surface area contributed by atoms with Gasteiger partial charge in [0.2, 0.25) is 5.91 Å². The molecule has 1 aromatic rings. The predicted octanol–water partition coefficient (Wildman–Crippen LogP) is 3.47. The number of hydrogen-bond acceptors (Lipinski definition) is 2. The lowest BCUT2D eigenvalue weighted by molar-refractivity contribution is -0.121. The van der Waals surface area contributed by atoms with Crippen LogP contribution >= 0.6 is 15.9 Å². The van der Waals surface area contributed by atoms with Gasteiger partial charge in [0, 0.05) is 15.7 Å². The highest BCUT2D eigenvalue weighted by molar-refractivity contribution is 9.10. The minimum atomic E-state index is -0.150. The van der Waals surface area contributed by atoms with E-state index in [4.69, 9.17) is 0 Å². The zero-order valence-corrected chi connectivity index (χ0v) is 13.0. The van der Waals surface area contributed by atoms with Crippen LogP contribution in [0.5, 0.6) is 0 Å². The van der Waals surface area contributed by atoms with Crippen molar-refractivity contribution < 1.29 is 4.79 Å². The molecule has 4 heteroatoms. The van der Waals surface area contributed by atoms with Gasteiger partial charge in [0.25, 0.3) is 0 Å². The van der Waals surface area contributed by atoms with Gasteiger partial charge >= 0.3 is 0 Å². The predicted molar refractivity (Wildman–Crippen MR) is 79.9 cm³/mol. The normalized spacial score (nSPS) is 11.2. The quantitative estimate of drug-likeness (QED) is 0.874. The Morgan fingerprint density at radius 2 is 2.06 bits per heavy atom. The smallest absolute Gasteiger partial charge is 0.239 e. The summed E-state index contributed by atoms with van der Waals surface area (Å²) in [6.45, 7) is 8.41. The van der Waals surface area contributed by atoms with Crippen LogP contribution in [-0.2, 0) is 4.79 Å². The molecule has 100 valence electrons. The molecule has 0 aliphatic heterocycles. The number of hydrogen-bond donors (Lipinski definition) is 2. The topological polar surface area (TPSA) is 41.1 Å². The summed E-state index contributed by atoms with van der Waals surface area (Å²) in [7, 11) is 0. The SMILES string of the molecule is CCC(C)(C)NC(=O)CNc1cc(C)ccc1Br. The third kappa shape index (κ3) is 4.69. The molecular formula is C14H21BrN2O. The van der Waals surface area contributed by atoms with Crippen LogP contribution in [0.1, 0.15) is 32.8 Å². The van der Waals surface area contributed by atoms with Gasteiger partial charge in [-0.15, -0.1) is 0 Å². The molecule has 18 heavy (non-hydrogen) atoms. The summed E-state index contributed by atoms with van der Waals surface area (Å²) in [5.41, 5.74) is 1.96. The first-order valence-electron chi connectivity index (χ1n) is 6.15. The highest BCUT2D eigenvalue weighted by Crippen LogP contribution is 2.23. The van der Waals surface area contributed by atoms with E-state index < -0.39 is 0 Å². The highest BCUT2D eigenvalue weighted by Gasteiger charge is 2.17. The van der Waals surface area contributed by atoms with Crippen LogP contribution < -0.4 is 10.6 Å². The fourth-order valence-corrected chi connectivity index (χ4v) is 1.85. The van der Waals surface area contributed by atoms with E-state index in [2.05, 4.69) is 33.5 Å². The van der Waals surface area contributed by atoms with Crippen molar-refractivity contribution in [3.63, 3.8) is 0 Å². The van der Waals surface area contributed by atoms with Gasteiger partial charge in [0.1, 0.15) is 0 Å². The Labute approximate surface area is 117 Å². The lowest BCUT2D eigenvalue weighted by Gasteiger charge is -2.24. The Morgan fingerprint density at radius 3 is 2.67 bits per heavy atom. The number of benzene rings is 1. The zero-order valence-electron chi connectivity index (χ0n) is 11.4. The van der Waals surface area contributed by atoms with Crippen molar-refractivity contribution in [2.24, 2.45) is 0 Å². The summed E-state index contributed by atoms with van der Waals surface area (Å²) >= 11 is 3.46. The standard InChI is InChI=1S/C14H21BrN2O/c1-5-14(3,4)17-13(18)9-16-12-8-10(2)6-7-11(12)15/h6-8,16H,5,9H2,1-4H3,(H,17,18). The molecule has 0 aliphatic rings. The lowest BCUT2D eigenvalue weighted by atomic mass is 10.0. The van der Waals surface area contributed by atoms with E-state index >= 15 is 0 Å². The molecule has 0 radical (unpaired) electrons. The summed E-state index contributed by atoms with van der Waals surface area (Å²) in [5, 5.41) is 6.13. The molecule has 0 heterocycles. The maximum atomic E-state index is 11.8. The molecule has 0 atom stereocenters. The van der Waals surface area contributed by atoms with Crippen molar-refractivity contribution in [1.29, 1.82) is 0 Å². The van der Waals surface area contributed by atoms with E-state index in [-0.39, 0.29) is 18.0 Å². The fourth-order valence-electron chi connectivity index (χ4n) is 1.46. The number of carbonyl (C=O) groups excluding carboxylic acids is 1. The Hall–Kier alpha value is -1.03. The minimum Gasteiger partial charge on any atom is -0.375 e. The first kappa shape index (κ1) is 15.0.